The fraction of sp³-hybridized carbons (Fsp3) is 0.0667. The van der Waals surface area contributed by atoms with Gasteiger partial charge in [-0.2, -0.15) is 5.10 Å². The van der Waals surface area contributed by atoms with Crippen LogP contribution in [0.15, 0.2) is 46.0 Å². The number of nitrogens with zero attached hydrogens (tertiary/aromatic N) is 1. The zero-order valence-corrected chi connectivity index (χ0v) is 13.9. The predicted octanol–water partition coefficient (Wildman–Crippen LogP) is 3.58. The zero-order valence-electron chi connectivity index (χ0n) is 11.5. The molecule has 0 heterocycles. The largest absolute Gasteiger partial charge is 0.506 e. The third-order valence-electron chi connectivity index (χ3n) is 2.78. The maximum absolute atomic E-state index is 11.9. The molecule has 0 saturated heterocycles. The van der Waals surface area contributed by atoms with E-state index in [1.807, 2.05) is 0 Å². The number of carbonyl (C=O) groups excluding carboxylic acids is 1. The number of hydrazone groups is 1. The highest BCUT2D eigenvalue weighted by Gasteiger charge is 2.07. The minimum absolute atomic E-state index is 0.00755. The van der Waals surface area contributed by atoms with Gasteiger partial charge in [0, 0.05) is 16.1 Å². The number of phenolic OH excluding ortho intramolecular Hbond substituents is 1. The Morgan fingerprint density at radius 2 is 2.05 bits per heavy atom. The number of nitrogens with one attached hydrogen (secondary N) is 1. The average Bonchev–Trinajstić information content (AvgIpc) is 2.51. The molecule has 5 nitrogen and oxygen atoms in total. The second-order valence-electron chi connectivity index (χ2n) is 4.25. The molecule has 2 aromatic carbocycles. The second kappa shape index (κ2) is 7.29. The molecule has 0 unspecified atom stereocenters. The van der Waals surface area contributed by atoms with E-state index in [0.29, 0.717) is 26.4 Å². The predicted molar refractivity (Wildman–Crippen MR) is 88.9 cm³/mol. The number of carbonyl (C=O) groups is 1. The number of benzene rings is 2. The Labute approximate surface area is 140 Å². The average molecular weight is 384 g/mol. The lowest BCUT2D eigenvalue weighted by atomic mass is 10.2. The molecular formula is C15H12BrClN2O3. The minimum atomic E-state index is -0.375. The van der Waals surface area contributed by atoms with Crippen molar-refractivity contribution in [3.05, 3.63) is 57.0 Å². The molecule has 2 aromatic rings. The van der Waals surface area contributed by atoms with Gasteiger partial charge >= 0.3 is 0 Å². The normalized spacial score (nSPS) is 10.7. The molecule has 0 aromatic heterocycles. The van der Waals surface area contributed by atoms with Crippen molar-refractivity contribution in [1.29, 1.82) is 0 Å². The first-order valence-electron chi connectivity index (χ1n) is 6.16. The SMILES string of the molecule is COc1ccc(C(=O)N/N=C\c2cc(Cl)cc(Br)c2O)cc1. The van der Waals surface area contributed by atoms with Gasteiger partial charge in [0.1, 0.15) is 11.5 Å². The third kappa shape index (κ3) is 3.99. The summed E-state index contributed by atoms with van der Waals surface area (Å²) in [7, 11) is 1.55. The Balaban J connectivity index is 2.07. The van der Waals surface area contributed by atoms with Crippen LogP contribution in [0.5, 0.6) is 11.5 Å². The summed E-state index contributed by atoms with van der Waals surface area (Å²) in [6, 6.07) is 9.69. The van der Waals surface area contributed by atoms with E-state index in [1.54, 1.807) is 37.4 Å². The van der Waals surface area contributed by atoms with Crippen LogP contribution in [-0.4, -0.2) is 24.3 Å². The van der Waals surface area contributed by atoms with E-state index in [9.17, 15) is 9.90 Å². The van der Waals surface area contributed by atoms with Crippen LogP contribution in [-0.2, 0) is 0 Å². The van der Waals surface area contributed by atoms with Gasteiger partial charge in [0.15, 0.2) is 0 Å². The lowest BCUT2D eigenvalue weighted by Gasteiger charge is -2.04. The van der Waals surface area contributed by atoms with Gasteiger partial charge in [-0.25, -0.2) is 5.43 Å². The molecule has 114 valence electrons. The number of amides is 1. The van der Waals surface area contributed by atoms with Crippen LogP contribution in [0.3, 0.4) is 0 Å². The second-order valence-corrected chi connectivity index (χ2v) is 5.54. The Morgan fingerprint density at radius 3 is 2.68 bits per heavy atom. The van der Waals surface area contributed by atoms with Crippen molar-refractivity contribution >= 4 is 39.7 Å². The van der Waals surface area contributed by atoms with Crippen LogP contribution < -0.4 is 10.2 Å². The van der Waals surface area contributed by atoms with Crippen LogP contribution >= 0.6 is 27.5 Å². The van der Waals surface area contributed by atoms with Crippen molar-refractivity contribution in [1.82, 2.24) is 5.43 Å². The van der Waals surface area contributed by atoms with Gasteiger partial charge in [-0.1, -0.05) is 11.6 Å². The molecule has 0 fully saturated rings. The van der Waals surface area contributed by atoms with Crippen LogP contribution in [0.2, 0.25) is 5.02 Å². The quantitative estimate of drug-likeness (QED) is 0.626. The van der Waals surface area contributed by atoms with E-state index >= 15 is 0 Å². The first-order valence-corrected chi connectivity index (χ1v) is 7.34. The molecule has 7 heteroatoms. The standard InChI is InChI=1S/C15H12BrClN2O3/c1-22-12-4-2-9(3-5-12)15(21)19-18-8-10-6-11(17)7-13(16)14(10)20/h2-8,20H,1H3,(H,19,21)/b18-8-. The number of aromatic hydroxyl groups is 1. The van der Waals surface area contributed by atoms with E-state index in [4.69, 9.17) is 16.3 Å². The fourth-order valence-corrected chi connectivity index (χ4v) is 2.49. The van der Waals surface area contributed by atoms with Crippen molar-refractivity contribution < 1.29 is 14.6 Å². The topological polar surface area (TPSA) is 70.9 Å². The fourth-order valence-electron chi connectivity index (χ4n) is 1.65. The van der Waals surface area contributed by atoms with Crippen LogP contribution in [0.25, 0.3) is 0 Å². The Bertz CT molecular complexity index is 717. The highest BCUT2D eigenvalue weighted by Crippen LogP contribution is 2.30. The Morgan fingerprint density at radius 1 is 1.36 bits per heavy atom. The maximum atomic E-state index is 11.9. The smallest absolute Gasteiger partial charge is 0.271 e. The third-order valence-corrected chi connectivity index (χ3v) is 3.60. The Hall–Kier alpha value is -2.05. The molecule has 0 aliphatic carbocycles. The van der Waals surface area contributed by atoms with E-state index in [0.717, 1.165) is 0 Å². The van der Waals surface area contributed by atoms with Gasteiger partial charge in [0.25, 0.3) is 5.91 Å². The number of rotatable bonds is 4. The first kappa shape index (κ1) is 16.3. The van der Waals surface area contributed by atoms with E-state index < -0.39 is 0 Å². The number of hydrogen-bond acceptors (Lipinski definition) is 4. The molecule has 0 aliphatic heterocycles. The summed E-state index contributed by atoms with van der Waals surface area (Å²) >= 11 is 9.06. The van der Waals surface area contributed by atoms with E-state index in [1.165, 1.54) is 12.3 Å². The lowest BCUT2D eigenvalue weighted by Crippen LogP contribution is -2.17. The summed E-state index contributed by atoms with van der Waals surface area (Å²) < 4.78 is 5.46. The molecule has 0 atom stereocenters. The molecule has 0 aliphatic rings. The number of hydrogen-bond donors (Lipinski definition) is 2. The number of phenols is 1. The van der Waals surface area contributed by atoms with Crippen LogP contribution in [0.4, 0.5) is 0 Å². The molecule has 0 bridgehead atoms. The summed E-state index contributed by atoms with van der Waals surface area (Å²) in [5.74, 6) is 0.278. The minimum Gasteiger partial charge on any atom is -0.506 e. The summed E-state index contributed by atoms with van der Waals surface area (Å²) in [6.07, 6.45) is 1.31. The number of ether oxygens (including phenoxy) is 1. The summed E-state index contributed by atoms with van der Waals surface area (Å²) in [5.41, 5.74) is 3.19. The molecule has 22 heavy (non-hydrogen) atoms. The van der Waals surface area contributed by atoms with Gasteiger partial charge in [-0.15, -0.1) is 0 Å². The van der Waals surface area contributed by atoms with Crippen molar-refractivity contribution in [3.8, 4) is 11.5 Å². The van der Waals surface area contributed by atoms with Crippen molar-refractivity contribution in [3.63, 3.8) is 0 Å². The van der Waals surface area contributed by atoms with Gasteiger partial charge in [-0.3, -0.25) is 4.79 Å². The number of methoxy groups -OCH3 is 1. The van der Waals surface area contributed by atoms with Crippen molar-refractivity contribution in [2.24, 2.45) is 5.10 Å². The number of halogens is 2. The molecule has 2 rings (SSSR count). The summed E-state index contributed by atoms with van der Waals surface area (Å²) in [6.45, 7) is 0. The van der Waals surface area contributed by atoms with Crippen molar-refractivity contribution in [2.75, 3.05) is 7.11 Å². The zero-order chi connectivity index (χ0) is 16.1. The lowest BCUT2D eigenvalue weighted by molar-refractivity contribution is 0.0955. The van der Waals surface area contributed by atoms with E-state index in [-0.39, 0.29) is 11.7 Å². The van der Waals surface area contributed by atoms with Gasteiger partial charge < -0.3 is 9.84 Å². The van der Waals surface area contributed by atoms with Gasteiger partial charge in [-0.05, 0) is 52.3 Å². The highest BCUT2D eigenvalue weighted by atomic mass is 79.9. The summed E-state index contributed by atoms with van der Waals surface area (Å²) in [4.78, 5) is 11.9. The molecule has 1 amide bonds. The van der Waals surface area contributed by atoms with Crippen LogP contribution in [0, 0.1) is 0 Å². The van der Waals surface area contributed by atoms with Gasteiger partial charge in [0.05, 0.1) is 17.8 Å². The van der Waals surface area contributed by atoms with Gasteiger partial charge in [0.2, 0.25) is 0 Å². The Kier molecular flexibility index (Phi) is 5.41. The van der Waals surface area contributed by atoms with E-state index in [2.05, 4.69) is 26.5 Å². The maximum Gasteiger partial charge on any atom is 0.271 e. The monoisotopic (exact) mass is 382 g/mol. The molecule has 2 N–H and O–H groups in total. The molecule has 0 saturated carbocycles. The summed E-state index contributed by atoms with van der Waals surface area (Å²) in [5, 5.41) is 14.1. The molecular weight excluding hydrogens is 372 g/mol. The highest BCUT2D eigenvalue weighted by molar-refractivity contribution is 9.10. The molecule has 0 spiro atoms. The molecule has 0 radical (unpaired) electrons. The van der Waals surface area contributed by atoms with Crippen molar-refractivity contribution in [2.45, 2.75) is 0 Å². The van der Waals surface area contributed by atoms with Crippen LogP contribution in [0.1, 0.15) is 15.9 Å². The first-order chi connectivity index (χ1) is 10.5.